The van der Waals surface area contributed by atoms with E-state index in [2.05, 4.69) is 57.5 Å². The Morgan fingerprint density at radius 2 is 1.87 bits per heavy atom. The van der Waals surface area contributed by atoms with Crippen LogP contribution in [0.3, 0.4) is 0 Å². The summed E-state index contributed by atoms with van der Waals surface area (Å²) in [7, 11) is 3.21. The molecule has 47 heavy (non-hydrogen) atoms. The van der Waals surface area contributed by atoms with E-state index in [1.807, 2.05) is 19.1 Å². The molecule has 2 N–H and O–H groups in total. The van der Waals surface area contributed by atoms with Gasteiger partial charge < -0.3 is 15.3 Å². The number of hydrogen-bond acceptors (Lipinski definition) is 7. The van der Waals surface area contributed by atoms with Crippen LogP contribution in [0, 0.1) is 24.7 Å². The highest BCUT2D eigenvalue weighted by molar-refractivity contribution is 6.33. The van der Waals surface area contributed by atoms with Gasteiger partial charge in [-0.25, -0.2) is 4.98 Å². The second-order valence-corrected chi connectivity index (χ2v) is 12.5. The Labute approximate surface area is 285 Å². The lowest BCUT2D eigenvalue weighted by Gasteiger charge is -2.23. The number of aryl methyl sites for hydroxylation is 1. The Balaban J connectivity index is 0.00000144. The minimum absolute atomic E-state index is 0.0261. The molecule has 2 fully saturated rings. The number of nitrogens with zero attached hydrogens (tertiary/aromatic N) is 4. The van der Waals surface area contributed by atoms with Gasteiger partial charge in [-0.3, -0.25) is 15.0 Å². The molecule has 2 aliphatic carbocycles. The monoisotopic (exact) mass is 663 g/mol. The lowest BCUT2D eigenvalue weighted by molar-refractivity contribution is -0.0980. The number of benzene rings is 1. The van der Waals surface area contributed by atoms with Gasteiger partial charge >= 0.3 is 0 Å². The molecule has 254 valence electrons. The third kappa shape index (κ3) is 9.32. The van der Waals surface area contributed by atoms with Gasteiger partial charge in [0.2, 0.25) is 5.95 Å². The van der Waals surface area contributed by atoms with Crippen molar-refractivity contribution in [3.05, 3.63) is 69.4 Å². The van der Waals surface area contributed by atoms with E-state index in [0.29, 0.717) is 29.9 Å². The van der Waals surface area contributed by atoms with Gasteiger partial charge in [0.15, 0.2) is 0 Å². The topological polar surface area (TPSA) is 103 Å². The minimum Gasteiger partial charge on any atom is -0.494 e. The number of methoxy groups -OCH3 is 1. The van der Waals surface area contributed by atoms with E-state index in [9.17, 15) is 4.39 Å². The van der Waals surface area contributed by atoms with Crippen LogP contribution in [-0.4, -0.2) is 49.4 Å². The summed E-state index contributed by atoms with van der Waals surface area (Å²) in [4.78, 5) is 26.9. The molecule has 2 saturated carbocycles. The van der Waals surface area contributed by atoms with E-state index in [-0.39, 0.29) is 10.9 Å². The standard InChI is InChI=1S/C36H44ClFN4O.CH5N.CH2O/c1-7-21(4)28-18-31(42-35(26(28)8-2)27-14-15-40-36(38)33(27)37)29(24-10-11-24)20-39-19-23-16-22(5)34(32(17-23)43-6)41-30(9-3)25-12-13-25;2*1-2/h14-19,21,24-25,29H,7-13,20H2,1-6H3;2H2,1H3;1H2. The molecule has 3 aromatic rings. The smallest absolute Gasteiger partial charge is 0.232 e. The summed E-state index contributed by atoms with van der Waals surface area (Å²) < 4.78 is 20.2. The van der Waals surface area contributed by atoms with Crippen LogP contribution in [0.5, 0.6) is 5.75 Å². The van der Waals surface area contributed by atoms with Crippen LogP contribution in [0.15, 0.2) is 40.4 Å². The molecule has 2 aliphatic rings. The third-order valence-corrected chi connectivity index (χ3v) is 9.42. The quantitative estimate of drug-likeness (QED) is 0.145. The molecule has 5 rings (SSSR count). The molecule has 1 aromatic carbocycles. The molecular formula is C38H51ClFN5O2. The first kappa shape index (κ1) is 38.0. The van der Waals surface area contributed by atoms with Crippen molar-refractivity contribution in [3.8, 4) is 17.0 Å². The maximum Gasteiger partial charge on any atom is 0.232 e. The van der Waals surface area contributed by atoms with Crippen molar-refractivity contribution in [2.75, 3.05) is 20.7 Å². The molecule has 9 heteroatoms. The van der Waals surface area contributed by atoms with Crippen LogP contribution in [0.4, 0.5) is 10.1 Å². The summed E-state index contributed by atoms with van der Waals surface area (Å²) in [6, 6.07) is 8.24. The van der Waals surface area contributed by atoms with Crippen molar-refractivity contribution in [3.63, 3.8) is 0 Å². The molecule has 0 spiro atoms. The molecule has 0 saturated heterocycles. The predicted molar refractivity (Wildman–Crippen MR) is 194 cm³/mol. The Morgan fingerprint density at radius 3 is 2.45 bits per heavy atom. The lowest BCUT2D eigenvalue weighted by atomic mass is 9.87. The molecular weight excluding hydrogens is 613 g/mol. The zero-order valence-corrected chi connectivity index (χ0v) is 29.8. The van der Waals surface area contributed by atoms with Crippen molar-refractivity contribution < 1.29 is 13.9 Å². The van der Waals surface area contributed by atoms with E-state index < -0.39 is 5.95 Å². The van der Waals surface area contributed by atoms with Crippen molar-refractivity contribution in [2.45, 2.75) is 91.4 Å². The van der Waals surface area contributed by atoms with E-state index in [0.717, 1.165) is 71.6 Å². The van der Waals surface area contributed by atoms with Gasteiger partial charge in [0, 0.05) is 41.8 Å². The lowest BCUT2D eigenvalue weighted by Crippen LogP contribution is -2.13. The van der Waals surface area contributed by atoms with Crippen molar-refractivity contribution >= 4 is 36.0 Å². The van der Waals surface area contributed by atoms with Gasteiger partial charge in [0.05, 0.1) is 12.8 Å². The van der Waals surface area contributed by atoms with Crippen LogP contribution in [-0.2, 0) is 11.2 Å². The zero-order chi connectivity index (χ0) is 34.7. The number of ether oxygens (including phenoxy) is 1. The third-order valence-electron chi connectivity index (χ3n) is 9.06. The second-order valence-electron chi connectivity index (χ2n) is 12.1. The fourth-order valence-corrected chi connectivity index (χ4v) is 6.28. The average Bonchev–Trinajstić information content (AvgIpc) is 4.03. The Kier molecular flexibility index (Phi) is 14.7. The Morgan fingerprint density at radius 1 is 1.17 bits per heavy atom. The largest absolute Gasteiger partial charge is 0.494 e. The number of pyridine rings is 2. The van der Waals surface area contributed by atoms with E-state index in [4.69, 9.17) is 36.1 Å². The number of rotatable bonds is 13. The van der Waals surface area contributed by atoms with Crippen LogP contribution in [0.2, 0.25) is 5.02 Å². The average molecular weight is 664 g/mol. The highest BCUT2D eigenvalue weighted by atomic mass is 35.5. The maximum absolute atomic E-state index is 14.5. The molecule has 2 atom stereocenters. The highest BCUT2D eigenvalue weighted by Crippen LogP contribution is 2.45. The molecule has 0 bridgehead atoms. The summed E-state index contributed by atoms with van der Waals surface area (Å²) in [5.41, 5.74) is 13.6. The SMILES string of the molecule is C=O.CCC(=Nc1c(C)cc(C=NCC(c2cc(C(C)CC)c(CC)c(-c3ccnc(F)c3Cl)n2)C2CC2)cc1OC)C1CC1.CN. The van der Waals surface area contributed by atoms with Crippen LogP contribution in [0.25, 0.3) is 11.3 Å². The molecule has 2 heterocycles. The molecule has 0 amide bonds. The fourth-order valence-electron chi connectivity index (χ4n) is 6.08. The normalized spacial score (nSPS) is 15.7. The second kappa shape index (κ2) is 18.2. The van der Waals surface area contributed by atoms with E-state index in [1.54, 1.807) is 13.2 Å². The van der Waals surface area contributed by atoms with E-state index in [1.165, 1.54) is 37.4 Å². The number of halogens is 2. The summed E-state index contributed by atoms with van der Waals surface area (Å²) in [6.45, 7) is 13.5. The van der Waals surface area contributed by atoms with Crippen molar-refractivity contribution in [1.82, 2.24) is 9.97 Å². The number of carbonyl (C=O) groups excluding carboxylic acids is 1. The summed E-state index contributed by atoms with van der Waals surface area (Å²) in [5.74, 6) is 1.79. The van der Waals surface area contributed by atoms with Crippen molar-refractivity contribution in [2.24, 2.45) is 27.6 Å². The van der Waals surface area contributed by atoms with Crippen LogP contribution < -0.4 is 10.5 Å². The first-order valence-corrected chi connectivity index (χ1v) is 17.1. The van der Waals surface area contributed by atoms with Gasteiger partial charge in [0.25, 0.3) is 0 Å². The first-order chi connectivity index (χ1) is 22.8. The van der Waals surface area contributed by atoms with Crippen LogP contribution in [0.1, 0.15) is 106 Å². The first-order valence-electron chi connectivity index (χ1n) is 16.8. The molecule has 2 aromatic heterocycles. The number of hydrogen-bond donors (Lipinski definition) is 1. The number of nitrogens with two attached hydrogens (primary N) is 1. The minimum atomic E-state index is -0.664. The zero-order valence-electron chi connectivity index (χ0n) is 29.1. The van der Waals surface area contributed by atoms with E-state index >= 15 is 0 Å². The van der Waals surface area contributed by atoms with Crippen molar-refractivity contribution in [1.29, 1.82) is 0 Å². The number of aliphatic imine (C=N–C) groups is 2. The predicted octanol–water partition coefficient (Wildman–Crippen LogP) is 9.22. The van der Waals surface area contributed by atoms with Gasteiger partial charge in [-0.1, -0.05) is 39.3 Å². The number of aromatic nitrogens is 2. The molecule has 0 aliphatic heterocycles. The molecule has 7 nitrogen and oxygen atoms in total. The van der Waals surface area contributed by atoms with Gasteiger partial charge in [-0.05, 0) is 123 Å². The van der Waals surface area contributed by atoms with Crippen LogP contribution >= 0.6 is 11.6 Å². The maximum atomic E-state index is 14.5. The number of carbonyl (C=O) groups is 1. The fraction of sp³-hybridized carbons (Fsp3) is 0.500. The Hall–Kier alpha value is -3.49. The highest BCUT2D eigenvalue weighted by Gasteiger charge is 2.34. The summed E-state index contributed by atoms with van der Waals surface area (Å²) >= 11 is 6.46. The van der Waals surface area contributed by atoms with Gasteiger partial charge in [0.1, 0.15) is 23.2 Å². The summed E-state index contributed by atoms with van der Waals surface area (Å²) in [5, 5.41) is 0.0261. The van der Waals surface area contributed by atoms with Gasteiger partial charge in [-0.15, -0.1) is 0 Å². The molecule has 2 unspecified atom stereocenters. The molecule has 0 radical (unpaired) electrons. The summed E-state index contributed by atoms with van der Waals surface area (Å²) in [6.07, 6.45) is 11.0. The van der Waals surface area contributed by atoms with Gasteiger partial charge in [-0.2, -0.15) is 4.39 Å². The Bertz CT molecular complexity index is 1550.